The van der Waals surface area contributed by atoms with Crippen LogP contribution in [0, 0.1) is 0 Å². The van der Waals surface area contributed by atoms with Gasteiger partial charge in [0.25, 0.3) is 17.6 Å². The smallest absolute Gasteiger partial charge is 0.291 e. The molecular formula is C23H20BrN3O3S2. The molecule has 0 aliphatic carbocycles. The van der Waals surface area contributed by atoms with Gasteiger partial charge in [0.1, 0.15) is 16.8 Å². The number of thioether (sulfide) groups is 2. The number of carbonyl (C=O) groups is 2. The van der Waals surface area contributed by atoms with E-state index in [1.54, 1.807) is 54.9 Å². The summed E-state index contributed by atoms with van der Waals surface area (Å²) in [5.41, 5.74) is 2.96. The number of halogens is 1. The summed E-state index contributed by atoms with van der Waals surface area (Å²) in [5.74, 6) is 1.19. The number of nitrogens with one attached hydrogen (secondary N) is 1. The van der Waals surface area contributed by atoms with E-state index in [1.165, 1.54) is 4.90 Å². The van der Waals surface area contributed by atoms with E-state index < -0.39 is 0 Å². The van der Waals surface area contributed by atoms with Gasteiger partial charge in [-0.2, -0.15) is 0 Å². The maximum atomic E-state index is 12.9. The Morgan fingerprint density at radius 2 is 1.72 bits per heavy atom. The molecule has 1 N–H and O–H groups in total. The van der Waals surface area contributed by atoms with Gasteiger partial charge in [-0.15, -0.1) is 11.8 Å². The molecule has 0 bridgehead atoms. The summed E-state index contributed by atoms with van der Waals surface area (Å²) in [7, 11) is 1.64. The SMILES string of the molecule is COc1ccc(-c2cc3c([n+](CN4C(=O)c5ccccc5C4=O)c2)NC(SC)S3)cc1.[Br-]. The lowest BCUT2D eigenvalue weighted by atomic mass is 10.1. The second kappa shape index (κ2) is 9.17. The molecule has 0 fully saturated rings. The van der Waals surface area contributed by atoms with Crippen LogP contribution in [0.1, 0.15) is 20.7 Å². The predicted octanol–water partition coefficient (Wildman–Crippen LogP) is 1.07. The van der Waals surface area contributed by atoms with Gasteiger partial charge in [-0.05, 0) is 42.2 Å². The Bertz CT molecular complexity index is 1170. The Kier molecular flexibility index (Phi) is 6.50. The van der Waals surface area contributed by atoms with E-state index in [2.05, 4.69) is 17.6 Å². The summed E-state index contributed by atoms with van der Waals surface area (Å²) in [4.78, 5) is 28.2. The number of hydrogen-bond donors (Lipinski definition) is 1. The molecule has 0 spiro atoms. The minimum atomic E-state index is -0.260. The molecule has 2 aliphatic rings. The number of carbonyl (C=O) groups excluding carboxylic acids is 2. The van der Waals surface area contributed by atoms with Crippen molar-refractivity contribution in [2.75, 3.05) is 18.7 Å². The maximum Gasteiger partial charge on any atom is 0.291 e. The normalized spacial score (nSPS) is 16.3. The maximum absolute atomic E-state index is 12.9. The van der Waals surface area contributed by atoms with Gasteiger partial charge < -0.3 is 21.7 Å². The first kappa shape index (κ1) is 22.7. The molecule has 0 saturated heterocycles. The number of amides is 2. The minimum Gasteiger partial charge on any atom is -1.00 e. The number of methoxy groups -OCH3 is 1. The topological polar surface area (TPSA) is 62.5 Å². The first-order valence-electron chi connectivity index (χ1n) is 9.72. The standard InChI is InChI=1S/C23H19N3O3S2.BrH/c1-29-16-9-7-14(8-10-16)15-11-19-20(24-23(30-2)31-19)25(12-15)13-26-21(27)17-5-3-4-6-18(17)22(26)28;/h3-12,23H,13H2,1-2H3;1H. The second-order valence-corrected chi connectivity index (χ2v) is 9.58. The van der Waals surface area contributed by atoms with Crippen LogP contribution in [0.15, 0.2) is 65.7 Å². The molecule has 32 heavy (non-hydrogen) atoms. The van der Waals surface area contributed by atoms with E-state index in [0.717, 1.165) is 27.6 Å². The zero-order chi connectivity index (χ0) is 21.5. The minimum absolute atomic E-state index is 0. The number of fused-ring (bicyclic) bond motifs is 2. The first-order valence-corrected chi connectivity index (χ1v) is 11.9. The highest BCUT2D eigenvalue weighted by Gasteiger charge is 2.38. The van der Waals surface area contributed by atoms with Gasteiger partial charge in [-0.3, -0.25) is 14.9 Å². The van der Waals surface area contributed by atoms with Crippen LogP contribution in [0.5, 0.6) is 5.75 Å². The van der Waals surface area contributed by atoms with Crippen molar-refractivity contribution in [3.63, 3.8) is 0 Å². The molecule has 1 aromatic heterocycles. The van der Waals surface area contributed by atoms with Crippen molar-refractivity contribution in [1.82, 2.24) is 4.90 Å². The van der Waals surface area contributed by atoms with Gasteiger partial charge in [-0.1, -0.05) is 36.0 Å². The Morgan fingerprint density at radius 1 is 1.06 bits per heavy atom. The summed E-state index contributed by atoms with van der Waals surface area (Å²) in [6, 6.07) is 17.0. The third-order valence-electron chi connectivity index (χ3n) is 5.40. The van der Waals surface area contributed by atoms with Crippen molar-refractivity contribution < 1.29 is 35.9 Å². The monoisotopic (exact) mass is 529 g/mol. The summed E-state index contributed by atoms with van der Waals surface area (Å²) in [6.45, 7) is 0.146. The van der Waals surface area contributed by atoms with Crippen molar-refractivity contribution in [2.24, 2.45) is 0 Å². The molecule has 2 amide bonds. The van der Waals surface area contributed by atoms with Crippen molar-refractivity contribution in [1.29, 1.82) is 0 Å². The Labute approximate surface area is 205 Å². The van der Waals surface area contributed by atoms with Crippen molar-refractivity contribution in [3.05, 3.63) is 71.9 Å². The average molecular weight is 530 g/mol. The van der Waals surface area contributed by atoms with Gasteiger partial charge >= 0.3 is 0 Å². The highest BCUT2D eigenvalue weighted by molar-refractivity contribution is 8.17. The fourth-order valence-corrected chi connectivity index (χ4v) is 5.61. The van der Waals surface area contributed by atoms with E-state index in [-0.39, 0.29) is 40.2 Å². The molecule has 0 saturated carbocycles. The molecule has 5 rings (SSSR count). The van der Waals surface area contributed by atoms with Crippen LogP contribution in [0.2, 0.25) is 0 Å². The molecular weight excluding hydrogens is 510 g/mol. The van der Waals surface area contributed by atoms with Gasteiger partial charge in [0.05, 0.1) is 18.2 Å². The number of hydrogen-bond acceptors (Lipinski definition) is 6. The molecule has 3 heterocycles. The number of aromatic nitrogens is 1. The molecule has 6 nitrogen and oxygen atoms in total. The lowest BCUT2D eigenvalue weighted by Gasteiger charge is -2.15. The van der Waals surface area contributed by atoms with Gasteiger partial charge in [0.2, 0.25) is 0 Å². The second-order valence-electron chi connectivity index (χ2n) is 7.20. The van der Waals surface area contributed by atoms with Crippen molar-refractivity contribution >= 4 is 41.2 Å². The van der Waals surface area contributed by atoms with Crippen molar-refractivity contribution in [2.45, 2.75) is 16.3 Å². The lowest BCUT2D eigenvalue weighted by molar-refractivity contribution is -0.696. The zero-order valence-electron chi connectivity index (χ0n) is 17.4. The van der Waals surface area contributed by atoms with E-state index in [4.69, 9.17) is 4.74 Å². The molecule has 164 valence electrons. The first-order chi connectivity index (χ1) is 15.1. The van der Waals surface area contributed by atoms with Crippen LogP contribution in [0.3, 0.4) is 0 Å². The van der Waals surface area contributed by atoms with Gasteiger partial charge in [0.15, 0.2) is 11.4 Å². The fraction of sp³-hybridized carbons (Fsp3) is 0.174. The summed E-state index contributed by atoms with van der Waals surface area (Å²) >= 11 is 3.44. The molecule has 2 aliphatic heterocycles. The van der Waals surface area contributed by atoms with Crippen molar-refractivity contribution in [3.8, 4) is 16.9 Å². The average Bonchev–Trinajstić information content (AvgIpc) is 3.34. The van der Waals surface area contributed by atoms with Crippen LogP contribution in [-0.2, 0) is 6.67 Å². The van der Waals surface area contributed by atoms with Crippen LogP contribution in [0.25, 0.3) is 11.1 Å². The third kappa shape index (κ3) is 3.89. The number of rotatable bonds is 5. The Morgan fingerprint density at radius 3 is 2.31 bits per heavy atom. The number of benzene rings is 2. The van der Waals surface area contributed by atoms with Crippen LogP contribution in [0.4, 0.5) is 5.82 Å². The highest BCUT2D eigenvalue weighted by atomic mass is 79.9. The van der Waals surface area contributed by atoms with E-state index in [1.807, 2.05) is 35.0 Å². The van der Waals surface area contributed by atoms with E-state index in [9.17, 15) is 9.59 Å². The van der Waals surface area contributed by atoms with E-state index >= 15 is 0 Å². The molecule has 2 aromatic carbocycles. The number of ether oxygens (including phenoxy) is 1. The number of pyridine rings is 1. The lowest BCUT2D eigenvalue weighted by Crippen LogP contribution is -3.00. The fourth-order valence-electron chi connectivity index (χ4n) is 3.80. The quantitative estimate of drug-likeness (QED) is 0.394. The summed E-state index contributed by atoms with van der Waals surface area (Å²) in [6.07, 6.45) is 4.04. The highest BCUT2D eigenvalue weighted by Crippen LogP contribution is 2.42. The van der Waals surface area contributed by atoms with Crippen LogP contribution < -0.4 is 31.6 Å². The number of imide groups is 1. The van der Waals surface area contributed by atoms with E-state index in [0.29, 0.717) is 11.1 Å². The third-order valence-corrected chi connectivity index (χ3v) is 7.71. The van der Waals surface area contributed by atoms with Gasteiger partial charge in [0, 0.05) is 5.56 Å². The molecule has 9 heteroatoms. The largest absolute Gasteiger partial charge is 1.00 e. The molecule has 0 radical (unpaired) electrons. The number of nitrogens with zero attached hydrogens (tertiary/aromatic N) is 2. The number of anilines is 1. The molecule has 1 unspecified atom stereocenters. The van der Waals surface area contributed by atoms with Gasteiger partial charge in [-0.25, -0.2) is 9.47 Å². The summed E-state index contributed by atoms with van der Waals surface area (Å²) < 4.78 is 7.40. The molecule has 1 atom stereocenters. The summed E-state index contributed by atoms with van der Waals surface area (Å²) in [5, 5.41) is 3.49. The predicted molar refractivity (Wildman–Crippen MR) is 122 cm³/mol. The Balaban J connectivity index is 0.00000245. The molecule has 3 aromatic rings. The van der Waals surface area contributed by atoms with Crippen LogP contribution in [-0.4, -0.2) is 34.8 Å². The zero-order valence-corrected chi connectivity index (χ0v) is 20.6. The van der Waals surface area contributed by atoms with Crippen LogP contribution >= 0.6 is 23.5 Å². The Hall–Kier alpha value is -2.49.